The lowest BCUT2D eigenvalue weighted by atomic mass is 9.50. The fourth-order valence-electron chi connectivity index (χ4n) is 3.01. The minimum absolute atomic E-state index is 0.0265. The number of ether oxygens (including phenoxy) is 1. The molecule has 1 saturated carbocycles. The van der Waals surface area contributed by atoms with E-state index in [1.54, 1.807) is 0 Å². The highest BCUT2D eigenvalue weighted by Crippen LogP contribution is 2.57. The van der Waals surface area contributed by atoms with Crippen LogP contribution in [0.25, 0.3) is 0 Å². The van der Waals surface area contributed by atoms with Crippen LogP contribution in [0.3, 0.4) is 0 Å². The van der Waals surface area contributed by atoms with Gasteiger partial charge in [0.1, 0.15) is 0 Å². The van der Waals surface area contributed by atoms with Gasteiger partial charge in [0.2, 0.25) is 0 Å². The summed E-state index contributed by atoms with van der Waals surface area (Å²) in [7, 11) is 0. The average molecular weight is 213 g/mol. The van der Waals surface area contributed by atoms with Crippen LogP contribution in [0.2, 0.25) is 0 Å². The molecule has 2 aliphatic rings. The van der Waals surface area contributed by atoms with Gasteiger partial charge in [0.15, 0.2) is 0 Å². The van der Waals surface area contributed by atoms with E-state index in [9.17, 15) is 5.26 Å². The highest BCUT2D eigenvalue weighted by Gasteiger charge is 2.60. The Kier molecular flexibility index (Phi) is 2.05. The van der Waals surface area contributed by atoms with Gasteiger partial charge < -0.3 is 4.74 Å². The van der Waals surface area contributed by atoms with Gasteiger partial charge in [-0.2, -0.15) is 5.26 Å². The highest BCUT2D eigenvalue weighted by atomic mass is 16.5. The van der Waals surface area contributed by atoms with Gasteiger partial charge in [0.05, 0.1) is 30.1 Å². The van der Waals surface area contributed by atoms with Gasteiger partial charge in [-0.15, -0.1) is 0 Å². The van der Waals surface area contributed by atoms with Crippen molar-refractivity contribution < 1.29 is 4.74 Å². The molecule has 0 N–H and O–H groups in total. The van der Waals surface area contributed by atoms with Crippen LogP contribution in [0, 0.1) is 16.7 Å². The quantitative estimate of drug-likeness (QED) is 0.756. The van der Waals surface area contributed by atoms with Crippen LogP contribution in [0.15, 0.2) is 30.3 Å². The van der Waals surface area contributed by atoms with E-state index >= 15 is 0 Å². The van der Waals surface area contributed by atoms with Crippen LogP contribution in [-0.2, 0) is 10.2 Å². The fraction of sp³-hybridized carbons (Fsp3) is 0.500. The van der Waals surface area contributed by atoms with Crippen molar-refractivity contribution in [1.29, 1.82) is 5.26 Å². The zero-order chi connectivity index (χ0) is 11.1. The van der Waals surface area contributed by atoms with Crippen molar-refractivity contribution in [3.63, 3.8) is 0 Å². The third-order valence-electron chi connectivity index (χ3n) is 4.36. The number of hydrogen-bond donors (Lipinski definition) is 0. The first-order valence-corrected chi connectivity index (χ1v) is 5.88. The summed E-state index contributed by atoms with van der Waals surface area (Å²) in [4.78, 5) is 0. The number of nitrogens with zero attached hydrogens (tertiary/aromatic N) is 1. The second kappa shape index (κ2) is 3.33. The Morgan fingerprint density at radius 3 is 2.19 bits per heavy atom. The van der Waals surface area contributed by atoms with Crippen molar-refractivity contribution in [3.8, 4) is 6.07 Å². The Bertz CT molecular complexity index is 424. The highest BCUT2D eigenvalue weighted by molar-refractivity contribution is 5.36. The fourth-order valence-corrected chi connectivity index (χ4v) is 3.01. The Morgan fingerprint density at radius 2 is 1.81 bits per heavy atom. The van der Waals surface area contributed by atoms with Crippen LogP contribution < -0.4 is 0 Å². The maximum atomic E-state index is 9.49. The molecule has 0 bridgehead atoms. The third kappa shape index (κ3) is 1.04. The van der Waals surface area contributed by atoms with Crippen molar-refractivity contribution >= 4 is 0 Å². The minimum Gasteiger partial charge on any atom is -0.379 e. The van der Waals surface area contributed by atoms with E-state index in [1.807, 2.05) is 6.07 Å². The lowest BCUT2D eigenvalue weighted by Crippen LogP contribution is -2.61. The van der Waals surface area contributed by atoms with E-state index in [1.165, 1.54) is 12.0 Å². The first-order valence-electron chi connectivity index (χ1n) is 5.88. The predicted molar refractivity (Wildman–Crippen MR) is 60.8 cm³/mol. The van der Waals surface area contributed by atoms with Crippen molar-refractivity contribution in [2.75, 3.05) is 13.2 Å². The third-order valence-corrected chi connectivity index (χ3v) is 4.36. The number of hydrogen-bond acceptors (Lipinski definition) is 2. The standard InChI is InChI=1S/C14H15NO/c15-9-13(7-4-8-13)14(10-16-11-14)12-5-2-1-3-6-12/h1-3,5-6H,4,7-8,10-11H2. The molecule has 0 unspecified atom stereocenters. The summed E-state index contributed by atoms with van der Waals surface area (Å²) in [6.07, 6.45) is 3.24. The molecule has 2 heteroatoms. The van der Waals surface area contributed by atoms with Crippen molar-refractivity contribution in [2.24, 2.45) is 5.41 Å². The van der Waals surface area contributed by atoms with Gasteiger partial charge in [-0.1, -0.05) is 36.8 Å². The number of nitriles is 1. The molecule has 0 radical (unpaired) electrons. The molecule has 16 heavy (non-hydrogen) atoms. The molecule has 0 atom stereocenters. The molecule has 1 aliphatic carbocycles. The lowest BCUT2D eigenvalue weighted by Gasteiger charge is -2.56. The zero-order valence-electron chi connectivity index (χ0n) is 9.28. The first-order chi connectivity index (χ1) is 7.83. The van der Waals surface area contributed by atoms with E-state index in [-0.39, 0.29) is 10.8 Å². The molecule has 1 aliphatic heterocycles. The maximum absolute atomic E-state index is 9.49. The second-order valence-corrected chi connectivity index (χ2v) is 4.99. The molecular formula is C14H15NO. The summed E-state index contributed by atoms with van der Waals surface area (Å²) in [5.74, 6) is 0. The predicted octanol–water partition coefficient (Wildman–Crippen LogP) is 2.65. The smallest absolute Gasteiger partial charge is 0.0715 e. The van der Waals surface area contributed by atoms with E-state index in [2.05, 4.69) is 30.3 Å². The zero-order valence-corrected chi connectivity index (χ0v) is 9.28. The van der Waals surface area contributed by atoms with Crippen molar-refractivity contribution in [2.45, 2.75) is 24.7 Å². The van der Waals surface area contributed by atoms with Gasteiger partial charge in [-0.25, -0.2) is 0 Å². The molecule has 1 aromatic rings. The SMILES string of the molecule is N#CC1(C2(c3ccccc3)COC2)CCC1. The van der Waals surface area contributed by atoms with Crippen LogP contribution in [-0.4, -0.2) is 13.2 Å². The molecule has 0 aromatic heterocycles. The molecule has 3 rings (SSSR count). The largest absolute Gasteiger partial charge is 0.379 e. The lowest BCUT2D eigenvalue weighted by molar-refractivity contribution is -0.134. The molecule has 1 heterocycles. The Balaban J connectivity index is 2.04. The summed E-state index contributed by atoms with van der Waals surface area (Å²) < 4.78 is 5.43. The van der Waals surface area contributed by atoms with Crippen molar-refractivity contribution in [1.82, 2.24) is 0 Å². The molecule has 1 aromatic carbocycles. The minimum atomic E-state index is -0.160. The number of benzene rings is 1. The summed E-state index contributed by atoms with van der Waals surface area (Å²) >= 11 is 0. The van der Waals surface area contributed by atoms with Crippen LogP contribution in [0.4, 0.5) is 0 Å². The molecule has 2 fully saturated rings. The molecular weight excluding hydrogens is 198 g/mol. The van der Waals surface area contributed by atoms with Gasteiger partial charge in [-0.05, 0) is 18.4 Å². The molecule has 82 valence electrons. The van der Waals surface area contributed by atoms with E-state index < -0.39 is 0 Å². The van der Waals surface area contributed by atoms with E-state index in [0.717, 1.165) is 12.8 Å². The molecule has 0 spiro atoms. The maximum Gasteiger partial charge on any atom is 0.0715 e. The van der Waals surface area contributed by atoms with Gasteiger partial charge >= 0.3 is 0 Å². The Morgan fingerprint density at radius 1 is 1.12 bits per heavy atom. The summed E-state index contributed by atoms with van der Waals surface area (Å²) in [6, 6.07) is 13.0. The van der Waals surface area contributed by atoms with Crippen LogP contribution in [0.1, 0.15) is 24.8 Å². The van der Waals surface area contributed by atoms with Gasteiger partial charge in [-0.3, -0.25) is 0 Å². The molecule has 2 nitrogen and oxygen atoms in total. The van der Waals surface area contributed by atoms with Crippen molar-refractivity contribution in [3.05, 3.63) is 35.9 Å². The van der Waals surface area contributed by atoms with Crippen LogP contribution in [0.5, 0.6) is 0 Å². The average Bonchev–Trinajstić information content (AvgIpc) is 2.22. The summed E-state index contributed by atoms with van der Waals surface area (Å²) in [5, 5.41) is 9.49. The van der Waals surface area contributed by atoms with Gasteiger partial charge in [0, 0.05) is 0 Å². The normalized spacial score (nSPS) is 24.9. The topological polar surface area (TPSA) is 33.0 Å². The van der Waals surface area contributed by atoms with Crippen LogP contribution >= 0.6 is 0 Å². The molecule has 0 amide bonds. The Hall–Kier alpha value is -1.33. The summed E-state index contributed by atoms with van der Waals surface area (Å²) in [5.41, 5.74) is 1.09. The Labute approximate surface area is 95.8 Å². The van der Waals surface area contributed by atoms with E-state index in [4.69, 9.17) is 4.74 Å². The monoisotopic (exact) mass is 213 g/mol. The van der Waals surface area contributed by atoms with Gasteiger partial charge in [0.25, 0.3) is 0 Å². The van der Waals surface area contributed by atoms with E-state index in [0.29, 0.717) is 13.2 Å². The number of rotatable bonds is 2. The molecule has 1 saturated heterocycles. The first kappa shape index (κ1) is 9.86. The summed E-state index contributed by atoms with van der Waals surface area (Å²) in [6.45, 7) is 1.43. The second-order valence-electron chi connectivity index (χ2n) is 4.99.